The Hall–Kier alpha value is -0.480. The summed E-state index contributed by atoms with van der Waals surface area (Å²) in [6.45, 7) is -0.649. The van der Waals surface area contributed by atoms with Gasteiger partial charge in [0, 0.05) is 4.47 Å². The smallest absolute Gasteiger partial charge is 0.124 e. The highest BCUT2D eigenvalue weighted by molar-refractivity contribution is 9.10. The molecule has 0 aliphatic heterocycles. The molecule has 1 aromatic rings. The summed E-state index contributed by atoms with van der Waals surface area (Å²) in [7, 11) is 0. The molecule has 0 heterocycles. The molecule has 1 atom stereocenters. The summed E-state index contributed by atoms with van der Waals surface area (Å²) >= 11 is 3.10. The molecule has 0 aromatic heterocycles. The van der Waals surface area contributed by atoms with E-state index in [9.17, 15) is 8.78 Å². The lowest BCUT2D eigenvalue weighted by molar-refractivity contribution is 0.436. The molecular formula is C8H8BrF2N. The Morgan fingerprint density at radius 2 is 2.17 bits per heavy atom. The zero-order valence-corrected chi connectivity index (χ0v) is 7.81. The van der Waals surface area contributed by atoms with Crippen LogP contribution in [0.4, 0.5) is 8.78 Å². The molecule has 0 aliphatic rings. The van der Waals surface area contributed by atoms with Crippen molar-refractivity contribution in [2.24, 2.45) is 5.73 Å². The fraction of sp³-hybridized carbons (Fsp3) is 0.250. The van der Waals surface area contributed by atoms with E-state index in [2.05, 4.69) is 15.9 Å². The molecule has 0 spiro atoms. The minimum atomic E-state index is -0.681. The molecule has 12 heavy (non-hydrogen) atoms. The van der Waals surface area contributed by atoms with Gasteiger partial charge in [0.2, 0.25) is 0 Å². The van der Waals surface area contributed by atoms with Gasteiger partial charge in [0.05, 0.1) is 6.04 Å². The summed E-state index contributed by atoms with van der Waals surface area (Å²) in [5.41, 5.74) is 6.00. The summed E-state index contributed by atoms with van der Waals surface area (Å²) in [6, 6.07) is 3.32. The molecule has 0 aliphatic carbocycles. The lowest BCUT2D eigenvalue weighted by Crippen LogP contribution is -2.12. The van der Waals surface area contributed by atoms with Crippen LogP contribution in [0.3, 0.4) is 0 Å². The van der Waals surface area contributed by atoms with E-state index in [4.69, 9.17) is 5.73 Å². The largest absolute Gasteiger partial charge is 0.322 e. The second-order valence-corrected chi connectivity index (χ2v) is 3.28. The van der Waals surface area contributed by atoms with Crippen molar-refractivity contribution in [3.05, 3.63) is 34.1 Å². The predicted octanol–water partition coefficient (Wildman–Crippen LogP) is 2.56. The summed E-state index contributed by atoms with van der Waals surface area (Å²) in [4.78, 5) is 0. The third kappa shape index (κ3) is 2.01. The first-order chi connectivity index (χ1) is 5.65. The topological polar surface area (TPSA) is 26.0 Å². The van der Waals surface area contributed by atoms with E-state index < -0.39 is 12.7 Å². The Morgan fingerprint density at radius 3 is 2.67 bits per heavy atom. The standard InChI is InChI=1S/C8H8BrF2N/c9-7-3-5(11)1-2-6(7)8(12)4-10/h1-3,8H,4,12H2. The molecule has 0 saturated heterocycles. The quantitative estimate of drug-likeness (QED) is 0.838. The van der Waals surface area contributed by atoms with Crippen LogP contribution in [-0.2, 0) is 0 Å². The van der Waals surface area contributed by atoms with Gasteiger partial charge in [-0.05, 0) is 17.7 Å². The van der Waals surface area contributed by atoms with Gasteiger partial charge in [-0.3, -0.25) is 0 Å². The summed E-state index contributed by atoms with van der Waals surface area (Å²) < 4.78 is 25.2. The van der Waals surface area contributed by atoms with E-state index >= 15 is 0 Å². The Morgan fingerprint density at radius 1 is 1.50 bits per heavy atom. The van der Waals surface area contributed by atoms with Gasteiger partial charge in [0.1, 0.15) is 12.5 Å². The third-order valence-electron chi connectivity index (χ3n) is 1.53. The van der Waals surface area contributed by atoms with Crippen molar-refractivity contribution in [3.8, 4) is 0 Å². The maximum atomic E-state index is 12.6. The van der Waals surface area contributed by atoms with Gasteiger partial charge in [-0.1, -0.05) is 22.0 Å². The molecule has 2 N–H and O–H groups in total. The molecular weight excluding hydrogens is 228 g/mol. The predicted molar refractivity (Wildman–Crippen MR) is 47.0 cm³/mol. The molecule has 66 valence electrons. The number of benzene rings is 1. The highest BCUT2D eigenvalue weighted by Crippen LogP contribution is 2.23. The fourth-order valence-electron chi connectivity index (χ4n) is 0.885. The van der Waals surface area contributed by atoms with Crippen molar-refractivity contribution in [1.29, 1.82) is 0 Å². The molecule has 0 radical (unpaired) electrons. The van der Waals surface area contributed by atoms with Crippen LogP contribution in [0.25, 0.3) is 0 Å². The van der Waals surface area contributed by atoms with Crippen molar-refractivity contribution in [3.63, 3.8) is 0 Å². The van der Waals surface area contributed by atoms with Crippen LogP contribution in [0.5, 0.6) is 0 Å². The van der Waals surface area contributed by atoms with Crippen LogP contribution in [-0.4, -0.2) is 6.67 Å². The SMILES string of the molecule is NC(CF)c1ccc(F)cc1Br. The van der Waals surface area contributed by atoms with Gasteiger partial charge in [-0.15, -0.1) is 0 Å². The zero-order chi connectivity index (χ0) is 9.14. The van der Waals surface area contributed by atoms with E-state index in [1.165, 1.54) is 18.2 Å². The van der Waals surface area contributed by atoms with Crippen LogP contribution in [0.15, 0.2) is 22.7 Å². The van der Waals surface area contributed by atoms with E-state index in [-0.39, 0.29) is 5.82 Å². The van der Waals surface area contributed by atoms with Gasteiger partial charge in [0.25, 0.3) is 0 Å². The summed E-state index contributed by atoms with van der Waals surface area (Å²) in [6.07, 6.45) is 0. The monoisotopic (exact) mass is 235 g/mol. The minimum Gasteiger partial charge on any atom is -0.322 e. The zero-order valence-electron chi connectivity index (χ0n) is 6.23. The van der Waals surface area contributed by atoms with Crippen molar-refractivity contribution in [1.82, 2.24) is 0 Å². The van der Waals surface area contributed by atoms with E-state index in [0.29, 0.717) is 10.0 Å². The van der Waals surface area contributed by atoms with Gasteiger partial charge in [0.15, 0.2) is 0 Å². The van der Waals surface area contributed by atoms with Crippen LogP contribution >= 0.6 is 15.9 Å². The number of rotatable bonds is 2. The molecule has 1 nitrogen and oxygen atoms in total. The number of hydrogen-bond acceptors (Lipinski definition) is 1. The van der Waals surface area contributed by atoms with Crippen LogP contribution in [0.1, 0.15) is 11.6 Å². The van der Waals surface area contributed by atoms with Crippen LogP contribution < -0.4 is 5.73 Å². The van der Waals surface area contributed by atoms with Crippen molar-refractivity contribution in [2.45, 2.75) is 6.04 Å². The molecule has 1 rings (SSSR count). The average molecular weight is 236 g/mol. The number of halogens is 3. The van der Waals surface area contributed by atoms with E-state index in [0.717, 1.165) is 0 Å². The number of hydrogen-bond donors (Lipinski definition) is 1. The summed E-state index contributed by atoms with van der Waals surface area (Å²) in [5.74, 6) is -0.364. The van der Waals surface area contributed by atoms with Crippen LogP contribution in [0, 0.1) is 5.82 Å². The normalized spacial score (nSPS) is 13.0. The Balaban J connectivity index is 3.01. The highest BCUT2D eigenvalue weighted by Gasteiger charge is 2.09. The molecule has 0 saturated carbocycles. The first-order valence-corrected chi connectivity index (χ1v) is 4.21. The fourth-order valence-corrected chi connectivity index (χ4v) is 1.53. The Labute approximate surface area is 77.7 Å². The molecule has 1 unspecified atom stereocenters. The second kappa shape index (κ2) is 3.96. The number of alkyl halides is 1. The van der Waals surface area contributed by atoms with Gasteiger partial charge < -0.3 is 5.73 Å². The first-order valence-electron chi connectivity index (χ1n) is 3.41. The molecule has 0 fully saturated rings. The minimum absolute atomic E-state index is 0.364. The third-order valence-corrected chi connectivity index (χ3v) is 2.21. The molecule has 4 heteroatoms. The Bertz CT molecular complexity index is 278. The van der Waals surface area contributed by atoms with Crippen molar-refractivity contribution < 1.29 is 8.78 Å². The maximum absolute atomic E-state index is 12.6. The summed E-state index contributed by atoms with van der Waals surface area (Å²) in [5, 5.41) is 0. The Kier molecular flexibility index (Phi) is 3.17. The van der Waals surface area contributed by atoms with Crippen molar-refractivity contribution >= 4 is 15.9 Å². The van der Waals surface area contributed by atoms with Crippen molar-refractivity contribution in [2.75, 3.05) is 6.67 Å². The van der Waals surface area contributed by atoms with Gasteiger partial charge in [-0.2, -0.15) is 0 Å². The first kappa shape index (κ1) is 9.61. The van der Waals surface area contributed by atoms with E-state index in [1.807, 2.05) is 0 Å². The lowest BCUT2D eigenvalue weighted by Gasteiger charge is -2.09. The highest BCUT2D eigenvalue weighted by atomic mass is 79.9. The second-order valence-electron chi connectivity index (χ2n) is 2.43. The van der Waals surface area contributed by atoms with Gasteiger partial charge >= 0.3 is 0 Å². The average Bonchev–Trinajstić information content (AvgIpc) is 2.03. The van der Waals surface area contributed by atoms with Gasteiger partial charge in [-0.25, -0.2) is 8.78 Å². The van der Waals surface area contributed by atoms with Crippen LogP contribution in [0.2, 0.25) is 0 Å². The molecule has 0 bridgehead atoms. The molecule has 0 amide bonds. The van der Waals surface area contributed by atoms with E-state index in [1.54, 1.807) is 0 Å². The lowest BCUT2D eigenvalue weighted by atomic mass is 10.1. The molecule has 1 aromatic carbocycles. The maximum Gasteiger partial charge on any atom is 0.124 e. The number of nitrogens with two attached hydrogens (primary N) is 1.